The van der Waals surface area contributed by atoms with Crippen molar-refractivity contribution in [1.82, 2.24) is 20.0 Å². The van der Waals surface area contributed by atoms with Gasteiger partial charge in [-0.05, 0) is 41.6 Å². The highest BCUT2D eigenvalue weighted by Gasteiger charge is 2.07. The van der Waals surface area contributed by atoms with Gasteiger partial charge in [-0.2, -0.15) is 14.9 Å². The van der Waals surface area contributed by atoms with Crippen molar-refractivity contribution in [3.63, 3.8) is 0 Å². The summed E-state index contributed by atoms with van der Waals surface area (Å²) in [5.41, 5.74) is 6.67. The van der Waals surface area contributed by atoms with E-state index < -0.39 is 0 Å². The molecule has 2 heterocycles. The number of halogens is 1. The van der Waals surface area contributed by atoms with Crippen LogP contribution >= 0.6 is 22.6 Å². The van der Waals surface area contributed by atoms with Gasteiger partial charge in [-0.25, -0.2) is 0 Å². The Labute approximate surface area is 94.5 Å². The zero-order chi connectivity index (χ0) is 10.1. The fraction of sp³-hybridized carbons (Fsp3) is 0.125. The molecule has 2 N–H and O–H groups in total. The summed E-state index contributed by atoms with van der Waals surface area (Å²) in [6.45, 7) is 1.88. The minimum atomic E-state index is 0.587. The number of hydrogen-bond donors (Lipinski definition) is 1. The Morgan fingerprint density at radius 2 is 2.14 bits per heavy atom. The second kappa shape index (κ2) is 3.52. The molecule has 0 unspecified atom stereocenters. The second-order valence-corrected chi connectivity index (χ2v) is 3.98. The van der Waals surface area contributed by atoms with Crippen molar-refractivity contribution in [3.8, 4) is 5.82 Å². The monoisotopic (exact) mass is 301 g/mol. The molecular formula is C8H8IN5. The third kappa shape index (κ3) is 1.57. The van der Waals surface area contributed by atoms with E-state index in [1.807, 2.05) is 19.1 Å². The molecule has 0 bridgehead atoms. The molecule has 0 aliphatic heterocycles. The van der Waals surface area contributed by atoms with Gasteiger partial charge in [-0.1, -0.05) is 0 Å². The van der Waals surface area contributed by atoms with E-state index in [2.05, 4.69) is 37.9 Å². The largest absolute Gasteiger partial charge is 0.383 e. The van der Waals surface area contributed by atoms with E-state index in [4.69, 9.17) is 5.73 Å². The Kier molecular flexibility index (Phi) is 2.36. The molecule has 72 valence electrons. The number of rotatable bonds is 1. The minimum absolute atomic E-state index is 0.587. The number of hydrogen-bond acceptors (Lipinski definition) is 4. The standard InChI is InChI=1S/C8H8IN5/c1-5-2-3-7(13-12-5)14-8(10)6(9)4-11-14/h2-4H,10H2,1H3. The van der Waals surface area contributed by atoms with E-state index >= 15 is 0 Å². The number of nitrogens with two attached hydrogens (primary N) is 1. The van der Waals surface area contributed by atoms with Crippen LogP contribution in [0.25, 0.3) is 5.82 Å². The molecule has 2 aromatic heterocycles. The Morgan fingerprint density at radius 1 is 1.36 bits per heavy atom. The van der Waals surface area contributed by atoms with Gasteiger partial charge in [0.1, 0.15) is 5.82 Å². The summed E-state index contributed by atoms with van der Waals surface area (Å²) in [6, 6.07) is 3.71. The molecule has 14 heavy (non-hydrogen) atoms. The first-order chi connectivity index (χ1) is 6.68. The third-order valence-corrected chi connectivity index (χ3v) is 2.59. The molecule has 5 nitrogen and oxygen atoms in total. The van der Waals surface area contributed by atoms with Crippen LogP contribution in [0.1, 0.15) is 5.69 Å². The average molecular weight is 301 g/mol. The second-order valence-electron chi connectivity index (χ2n) is 2.82. The summed E-state index contributed by atoms with van der Waals surface area (Å²) in [5.74, 6) is 1.22. The van der Waals surface area contributed by atoms with Gasteiger partial charge in [0, 0.05) is 0 Å². The topological polar surface area (TPSA) is 69.6 Å². The zero-order valence-corrected chi connectivity index (χ0v) is 9.63. The van der Waals surface area contributed by atoms with Gasteiger partial charge >= 0.3 is 0 Å². The first-order valence-corrected chi connectivity index (χ1v) is 5.06. The van der Waals surface area contributed by atoms with Crippen LogP contribution in [0.15, 0.2) is 18.3 Å². The van der Waals surface area contributed by atoms with Gasteiger partial charge < -0.3 is 5.73 Å². The fourth-order valence-corrected chi connectivity index (χ4v) is 1.38. The predicted octanol–water partition coefficient (Wildman–Crippen LogP) is 1.16. The van der Waals surface area contributed by atoms with Crippen molar-refractivity contribution in [2.24, 2.45) is 0 Å². The van der Waals surface area contributed by atoms with Crippen molar-refractivity contribution >= 4 is 28.4 Å². The maximum absolute atomic E-state index is 5.80. The van der Waals surface area contributed by atoms with E-state index in [1.165, 1.54) is 0 Å². The maximum Gasteiger partial charge on any atom is 0.178 e. The average Bonchev–Trinajstić information content (AvgIpc) is 2.50. The van der Waals surface area contributed by atoms with E-state index in [1.54, 1.807) is 10.9 Å². The highest BCUT2D eigenvalue weighted by molar-refractivity contribution is 14.1. The number of nitrogen functional groups attached to an aromatic ring is 1. The van der Waals surface area contributed by atoms with Crippen LogP contribution < -0.4 is 5.73 Å². The molecule has 0 saturated heterocycles. The van der Waals surface area contributed by atoms with Crippen LogP contribution in [-0.4, -0.2) is 20.0 Å². The van der Waals surface area contributed by atoms with Crippen molar-refractivity contribution in [1.29, 1.82) is 0 Å². The predicted molar refractivity (Wildman–Crippen MR) is 61.0 cm³/mol. The molecule has 0 aromatic carbocycles. The summed E-state index contributed by atoms with van der Waals surface area (Å²) in [4.78, 5) is 0. The van der Waals surface area contributed by atoms with Crippen molar-refractivity contribution in [2.45, 2.75) is 6.92 Å². The van der Waals surface area contributed by atoms with Crippen LogP contribution in [0.3, 0.4) is 0 Å². The SMILES string of the molecule is Cc1ccc(-n2ncc(I)c2N)nn1. The summed E-state index contributed by atoms with van der Waals surface area (Å²) in [5, 5.41) is 12.0. The molecule has 0 aliphatic carbocycles. The molecule has 0 atom stereocenters. The van der Waals surface area contributed by atoms with Crippen molar-refractivity contribution in [3.05, 3.63) is 27.6 Å². The number of aryl methyl sites for hydroxylation is 1. The van der Waals surface area contributed by atoms with Crippen molar-refractivity contribution < 1.29 is 0 Å². The van der Waals surface area contributed by atoms with Gasteiger partial charge in [0.15, 0.2) is 5.82 Å². The van der Waals surface area contributed by atoms with Gasteiger partial charge in [-0.15, -0.1) is 5.10 Å². The van der Waals surface area contributed by atoms with Crippen LogP contribution in [0.4, 0.5) is 5.82 Å². The quantitative estimate of drug-likeness (QED) is 0.802. The first-order valence-electron chi connectivity index (χ1n) is 3.98. The van der Waals surface area contributed by atoms with Crippen LogP contribution in [-0.2, 0) is 0 Å². The molecule has 2 rings (SSSR count). The number of anilines is 1. The lowest BCUT2D eigenvalue weighted by Crippen LogP contribution is -2.05. The normalized spacial score (nSPS) is 10.4. The highest BCUT2D eigenvalue weighted by Crippen LogP contribution is 2.16. The van der Waals surface area contributed by atoms with Crippen LogP contribution in [0.2, 0.25) is 0 Å². The molecule has 0 amide bonds. The summed E-state index contributed by atoms with van der Waals surface area (Å²) >= 11 is 2.12. The fourth-order valence-electron chi connectivity index (χ4n) is 1.03. The Balaban J connectivity index is 2.49. The van der Waals surface area contributed by atoms with Crippen molar-refractivity contribution in [2.75, 3.05) is 5.73 Å². The van der Waals surface area contributed by atoms with Gasteiger partial charge in [0.2, 0.25) is 0 Å². The van der Waals surface area contributed by atoms with E-state index in [0.717, 1.165) is 9.26 Å². The third-order valence-electron chi connectivity index (χ3n) is 1.76. The lowest BCUT2D eigenvalue weighted by atomic mass is 10.4. The van der Waals surface area contributed by atoms with Gasteiger partial charge in [0.05, 0.1) is 15.5 Å². The highest BCUT2D eigenvalue weighted by atomic mass is 127. The van der Waals surface area contributed by atoms with Crippen LogP contribution in [0, 0.1) is 10.5 Å². The van der Waals surface area contributed by atoms with Gasteiger partial charge in [-0.3, -0.25) is 0 Å². The molecule has 0 fully saturated rings. The number of nitrogens with zero attached hydrogens (tertiary/aromatic N) is 4. The molecule has 0 saturated carbocycles. The van der Waals surface area contributed by atoms with Crippen LogP contribution in [0.5, 0.6) is 0 Å². The Hall–Kier alpha value is -1.18. The molecular weight excluding hydrogens is 293 g/mol. The molecule has 2 aromatic rings. The van der Waals surface area contributed by atoms with E-state index in [9.17, 15) is 0 Å². The lowest BCUT2D eigenvalue weighted by molar-refractivity contribution is 0.814. The van der Waals surface area contributed by atoms with E-state index in [0.29, 0.717) is 11.6 Å². The zero-order valence-electron chi connectivity index (χ0n) is 7.48. The smallest absolute Gasteiger partial charge is 0.178 e. The molecule has 0 radical (unpaired) electrons. The lowest BCUT2D eigenvalue weighted by Gasteiger charge is -2.01. The molecule has 0 spiro atoms. The summed E-state index contributed by atoms with van der Waals surface area (Å²) in [7, 11) is 0. The first kappa shape index (κ1) is 9.38. The van der Waals surface area contributed by atoms with E-state index in [-0.39, 0.29) is 0 Å². The Bertz CT molecular complexity index is 447. The summed E-state index contributed by atoms with van der Waals surface area (Å²) < 4.78 is 2.47. The molecule has 6 heteroatoms. The maximum atomic E-state index is 5.80. The molecule has 0 aliphatic rings. The minimum Gasteiger partial charge on any atom is -0.383 e. The van der Waals surface area contributed by atoms with Gasteiger partial charge in [0.25, 0.3) is 0 Å². The Morgan fingerprint density at radius 3 is 2.64 bits per heavy atom. The summed E-state index contributed by atoms with van der Waals surface area (Å²) in [6.07, 6.45) is 1.69. The number of aromatic nitrogens is 4.